The van der Waals surface area contributed by atoms with Gasteiger partial charge in [0.1, 0.15) is 17.1 Å². The monoisotopic (exact) mass is 670 g/mol. The first-order chi connectivity index (χ1) is 24.5. The Labute approximate surface area is 288 Å². The van der Waals surface area contributed by atoms with Crippen molar-refractivity contribution >= 4 is 22.8 Å². The van der Waals surface area contributed by atoms with Crippen molar-refractivity contribution in [3.8, 4) is 11.5 Å². The van der Waals surface area contributed by atoms with Gasteiger partial charge >= 0.3 is 5.97 Å². The Hall–Kier alpha value is -5.51. The first-order valence-electron chi connectivity index (χ1n) is 17.1. The SMILES string of the molecule is COC(=O)[C@H]1C2CCCC(CC2)C1Nc1nc(-c2nn(C(c3ccccc3)(c3ccccc3)c3ccccc3)c3ncc(F)cc23)ncc1F. The second-order valence-electron chi connectivity index (χ2n) is 13.2. The first-order valence-corrected chi connectivity index (χ1v) is 17.1. The fourth-order valence-electron chi connectivity index (χ4n) is 8.37. The number of hydrogen-bond acceptors (Lipinski definition) is 7. The maximum Gasteiger partial charge on any atom is 0.311 e. The molecule has 6 aromatic rings. The summed E-state index contributed by atoms with van der Waals surface area (Å²) in [5.41, 5.74) is 2.29. The maximum atomic E-state index is 15.6. The quantitative estimate of drug-likeness (QED) is 0.131. The van der Waals surface area contributed by atoms with Crippen molar-refractivity contribution in [1.82, 2.24) is 24.7 Å². The van der Waals surface area contributed by atoms with Gasteiger partial charge in [-0.05, 0) is 60.3 Å². The largest absolute Gasteiger partial charge is 0.469 e. The average molecular weight is 671 g/mol. The van der Waals surface area contributed by atoms with Crippen LogP contribution < -0.4 is 5.32 Å². The fourth-order valence-corrected chi connectivity index (χ4v) is 8.37. The summed E-state index contributed by atoms with van der Waals surface area (Å²) in [5, 5.41) is 8.86. The number of aromatic nitrogens is 5. The van der Waals surface area contributed by atoms with Gasteiger partial charge in [-0.25, -0.2) is 28.4 Å². The number of anilines is 1. The number of hydrogen-bond donors (Lipinski definition) is 1. The lowest BCUT2D eigenvalue weighted by atomic mass is 9.71. The highest BCUT2D eigenvalue weighted by atomic mass is 19.1. The Balaban J connectivity index is 1.33. The number of fused-ring (bicyclic) bond motifs is 5. The van der Waals surface area contributed by atoms with Gasteiger partial charge in [0, 0.05) is 6.04 Å². The number of nitrogens with zero attached hydrogens (tertiary/aromatic N) is 5. The van der Waals surface area contributed by atoms with E-state index in [1.54, 1.807) is 4.68 Å². The van der Waals surface area contributed by atoms with Gasteiger partial charge in [0.2, 0.25) is 0 Å². The molecular formula is C40H36F2N6O2. The highest BCUT2D eigenvalue weighted by Crippen LogP contribution is 2.46. The molecule has 9 rings (SSSR count). The average Bonchev–Trinajstić information content (AvgIpc) is 3.27. The van der Waals surface area contributed by atoms with Crippen molar-refractivity contribution in [3.63, 3.8) is 0 Å². The summed E-state index contributed by atoms with van der Waals surface area (Å²) in [6, 6.07) is 30.9. The molecule has 2 bridgehead atoms. The lowest BCUT2D eigenvalue weighted by molar-refractivity contribution is -0.149. The van der Waals surface area contributed by atoms with Crippen LogP contribution in [0.5, 0.6) is 0 Å². The third kappa shape index (κ3) is 5.30. The zero-order valence-electron chi connectivity index (χ0n) is 27.5. The summed E-state index contributed by atoms with van der Waals surface area (Å²) in [6.45, 7) is 0. The minimum Gasteiger partial charge on any atom is -0.469 e. The molecule has 4 atom stereocenters. The molecule has 50 heavy (non-hydrogen) atoms. The second-order valence-corrected chi connectivity index (χ2v) is 13.2. The van der Waals surface area contributed by atoms with E-state index in [9.17, 15) is 4.79 Å². The molecule has 0 aliphatic heterocycles. The number of halogens is 2. The molecule has 0 spiro atoms. The number of nitrogens with one attached hydrogen (secondary N) is 1. The van der Waals surface area contributed by atoms with Crippen LogP contribution in [-0.2, 0) is 15.1 Å². The number of esters is 1. The molecule has 3 heterocycles. The van der Waals surface area contributed by atoms with E-state index in [0.29, 0.717) is 11.0 Å². The van der Waals surface area contributed by atoms with Gasteiger partial charge in [-0.15, -0.1) is 0 Å². The highest BCUT2D eigenvalue weighted by molar-refractivity contribution is 5.90. The van der Waals surface area contributed by atoms with Gasteiger partial charge in [0.05, 0.1) is 30.8 Å². The molecular weight excluding hydrogens is 634 g/mol. The van der Waals surface area contributed by atoms with Gasteiger partial charge in [-0.3, -0.25) is 4.79 Å². The molecule has 3 aromatic carbocycles. The van der Waals surface area contributed by atoms with Crippen molar-refractivity contribution < 1.29 is 18.3 Å². The lowest BCUT2D eigenvalue weighted by Gasteiger charge is -2.39. The Morgan fingerprint density at radius 3 is 2.04 bits per heavy atom. The Morgan fingerprint density at radius 2 is 1.42 bits per heavy atom. The third-order valence-corrected chi connectivity index (χ3v) is 10.6. The predicted octanol–water partition coefficient (Wildman–Crippen LogP) is 7.79. The summed E-state index contributed by atoms with van der Waals surface area (Å²) < 4.78 is 37.7. The van der Waals surface area contributed by atoms with Crippen LogP contribution in [0.25, 0.3) is 22.6 Å². The van der Waals surface area contributed by atoms with Crippen molar-refractivity contribution in [3.05, 3.63) is 138 Å². The van der Waals surface area contributed by atoms with Crippen LogP contribution in [0, 0.1) is 29.4 Å². The molecule has 3 aliphatic carbocycles. The Morgan fingerprint density at radius 1 is 0.820 bits per heavy atom. The van der Waals surface area contributed by atoms with Gasteiger partial charge in [-0.2, -0.15) is 5.10 Å². The van der Waals surface area contributed by atoms with Crippen LogP contribution in [-0.4, -0.2) is 43.9 Å². The van der Waals surface area contributed by atoms with Crippen molar-refractivity contribution in [2.24, 2.45) is 17.8 Å². The normalized spacial score (nSPS) is 20.4. The summed E-state index contributed by atoms with van der Waals surface area (Å²) in [4.78, 5) is 26.7. The molecule has 0 saturated heterocycles. The van der Waals surface area contributed by atoms with Crippen LogP contribution in [0.1, 0.15) is 48.8 Å². The standard InChI is InChI=1S/C40H36F2N6O2/c1-50-39(49)33-25-12-11-13-26(21-20-25)34(33)45-36-32(42)24-43-37(46-36)35-31-22-30(41)23-44-38(31)48(47-35)40(27-14-5-2-6-15-27,28-16-7-3-8-17-28)29-18-9-4-10-19-29/h2-10,14-19,22-26,33-34H,11-13,20-21H2,1H3,(H,43,45,46)/t25?,26?,33-,34?/m0/s1. The molecule has 0 radical (unpaired) electrons. The van der Waals surface area contributed by atoms with E-state index in [-0.39, 0.29) is 41.2 Å². The summed E-state index contributed by atoms with van der Waals surface area (Å²) >= 11 is 0. The van der Waals surface area contributed by atoms with E-state index < -0.39 is 23.1 Å². The number of pyridine rings is 1. The summed E-state index contributed by atoms with van der Waals surface area (Å²) in [5.74, 6) is -1.54. The summed E-state index contributed by atoms with van der Waals surface area (Å²) in [6.07, 6.45) is 7.02. The van der Waals surface area contributed by atoms with E-state index in [1.807, 2.05) is 91.0 Å². The van der Waals surface area contributed by atoms with Crippen LogP contribution in [0.15, 0.2) is 109 Å². The number of ether oxygens (including phenoxy) is 1. The lowest BCUT2D eigenvalue weighted by Crippen LogP contribution is -2.47. The van der Waals surface area contributed by atoms with E-state index in [2.05, 4.69) is 20.3 Å². The third-order valence-electron chi connectivity index (χ3n) is 10.6. The molecule has 8 nitrogen and oxygen atoms in total. The number of benzene rings is 3. The molecule has 3 aromatic heterocycles. The van der Waals surface area contributed by atoms with E-state index in [0.717, 1.165) is 55.0 Å². The number of methoxy groups -OCH3 is 1. The zero-order valence-corrected chi connectivity index (χ0v) is 27.5. The van der Waals surface area contributed by atoms with E-state index >= 15 is 8.78 Å². The highest BCUT2D eigenvalue weighted by Gasteiger charge is 2.46. The first kappa shape index (κ1) is 31.7. The maximum absolute atomic E-state index is 15.6. The van der Waals surface area contributed by atoms with Crippen molar-refractivity contribution in [2.75, 3.05) is 12.4 Å². The van der Waals surface area contributed by atoms with Crippen LogP contribution in [0.3, 0.4) is 0 Å². The molecule has 1 N–H and O–H groups in total. The fraction of sp³-hybridized carbons (Fsp3) is 0.275. The minimum atomic E-state index is -1.06. The molecule has 252 valence electrons. The number of carbonyl (C=O) groups is 1. The van der Waals surface area contributed by atoms with Gasteiger partial charge in [-0.1, -0.05) is 97.4 Å². The summed E-state index contributed by atoms with van der Waals surface area (Å²) in [7, 11) is 1.40. The van der Waals surface area contributed by atoms with Crippen LogP contribution >= 0.6 is 0 Å². The topological polar surface area (TPSA) is 94.8 Å². The molecule has 3 fully saturated rings. The van der Waals surface area contributed by atoms with Crippen molar-refractivity contribution in [1.29, 1.82) is 0 Å². The van der Waals surface area contributed by atoms with Gasteiger partial charge in [0.15, 0.2) is 23.1 Å². The minimum absolute atomic E-state index is 0.0334. The van der Waals surface area contributed by atoms with Gasteiger partial charge < -0.3 is 10.1 Å². The molecule has 3 saturated carbocycles. The molecule has 3 unspecified atom stereocenters. The van der Waals surface area contributed by atoms with Crippen molar-refractivity contribution in [2.45, 2.75) is 43.7 Å². The van der Waals surface area contributed by atoms with E-state index in [1.165, 1.54) is 19.4 Å². The predicted molar refractivity (Wildman–Crippen MR) is 186 cm³/mol. The van der Waals surface area contributed by atoms with Crippen LogP contribution in [0.2, 0.25) is 0 Å². The molecule has 3 aliphatic rings. The molecule has 10 heteroatoms. The van der Waals surface area contributed by atoms with Gasteiger partial charge in [0.25, 0.3) is 0 Å². The Bertz CT molecular complexity index is 2040. The zero-order chi connectivity index (χ0) is 34.2. The second kappa shape index (κ2) is 13.1. The number of carbonyl (C=O) groups excluding carboxylic acids is 1. The number of rotatable bonds is 8. The molecule has 0 amide bonds. The van der Waals surface area contributed by atoms with E-state index in [4.69, 9.17) is 9.84 Å². The van der Waals surface area contributed by atoms with Crippen LogP contribution in [0.4, 0.5) is 14.6 Å². The Kier molecular flexibility index (Phi) is 8.30. The smallest absolute Gasteiger partial charge is 0.311 e.